The van der Waals surface area contributed by atoms with E-state index < -0.39 is 0 Å². The Morgan fingerprint density at radius 1 is 1.70 bits per heavy atom. The van der Waals surface area contributed by atoms with E-state index >= 15 is 0 Å². The van der Waals surface area contributed by atoms with Gasteiger partial charge >= 0.3 is 0 Å². The SMILES string of the molecule is NC1C(=O)N2CCCS[C@H]12. The number of amides is 1. The predicted molar refractivity (Wildman–Crippen MR) is 40.6 cm³/mol. The molecule has 2 rings (SSSR count). The second kappa shape index (κ2) is 2.13. The number of hydrogen-bond donors (Lipinski definition) is 1. The molecule has 0 aromatic rings. The summed E-state index contributed by atoms with van der Waals surface area (Å²) in [6, 6.07) is -0.203. The van der Waals surface area contributed by atoms with Crippen LogP contribution < -0.4 is 5.73 Å². The molecule has 2 N–H and O–H groups in total. The fourth-order valence-electron chi connectivity index (χ4n) is 1.42. The molecule has 10 heavy (non-hydrogen) atoms. The predicted octanol–water partition coefficient (Wildman–Crippen LogP) is -0.381. The lowest BCUT2D eigenvalue weighted by Gasteiger charge is -2.47. The van der Waals surface area contributed by atoms with Gasteiger partial charge in [-0.15, -0.1) is 11.8 Å². The standard InChI is InChI=1S/C6H10N2OS/c7-4-5(9)8-2-1-3-10-6(4)8/h4,6H,1-3,7H2/t4?,6-/m1/s1. The zero-order valence-electron chi connectivity index (χ0n) is 5.62. The van der Waals surface area contributed by atoms with E-state index in [-0.39, 0.29) is 11.9 Å². The second-order valence-electron chi connectivity index (χ2n) is 2.67. The summed E-state index contributed by atoms with van der Waals surface area (Å²) in [7, 11) is 0. The first-order valence-electron chi connectivity index (χ1n) is 3.48. The van der Waals surface area contributed by atoms with Crippen LogP contribution >= 0.6 is 11.8 Å². The fourth-order valence-corrected chi connectivity index (χ4v) is 2.67. The molecule has 4 heteroatoms. The average molecular weight is 158 g/mol. The Labute approximate surface area is 63.9 Å². The lowest BCUT2D eigenvalue weighted by atomic mass is 10.1. The van der Waals surface area contributed by atoms with Gasteiger partial charge in [0.25, 0.3) is 0 Å². The highest BCUT2D eigenvalue weighted by Crippen LogP contribution is 2.32. The largest absolute Gasteiger partial charge is 0.327 e. The summed E-state index contributed by atoms with van der Waals surface area (Å²) in [6.45, 7) is 0.921. The molecule has 0 radical (unpaired) electrons. The molecule has 0 aliphatic carbocycles. The van der Waals surface area contributed by atoms with Crippen molar-refractivity contribution in [2.45, 2.75) is 17.8 Å². The molecule has 1 amide bonds. The van der Waals surface area contributed by atoms with Crippen molar-refractivity contribution in [3.63, 3.8) is 0 Å². The third kappa shape index (κ3) is 0.689. The smallest absolute Gasteiger partial charge is 0.243 e. The normalized spacial score (nSPS) is 38.9. The van der Waals surface area contributed by atoms with E-state index in [2.05, 4.69) is 0 Å². The first-order chi connectivity index (χ1) is 4.80. The molecule has 0 saturated carbocycles. The molecule has 2 fully saturated rings. The third-order valence-electron chi connectivity index (χ3n) is 2.01. The van der Waals surface area contributed by atoms with Gasteiger partial charge in [-0.1, -0.05) is 0 Å². The van der Waals surface area contributed by atoms with Gasteiger partial charge in [-0.2, -0.15) is 0 Å². The summed E-state index contributed by atoms with van der Waals surface area (Å²) in [5.41, 5.74) is 5.56. The minimum Gasteiger partial charge on any atom is -0.327 e. The highest BCUT2D eigenvalue weighted by Gasteiger charge is 2.46. The summed E-state index contributed by atoms with van der Waals surface area (Å²) < 4.78 is 0. The first-order valence-corrected chi connectivity index (χ1v) is 4.53. The van der Waals surface area contributed by atoms with E-state index in [4.69, 9.17) is 5.73 Å². The second-order valence-corrected chi connectivity index (χ2v) is 3.90. The molecular weight excluding hydrogens is 148 g/mol. The summed E-state index contributed by atoms with van der Waals surface area (Å²) in [4.78, 5) is 12.9. The van der Waals surface area contributed by atoms with Crippen molar-refractivity contribution in [3.05, 3.63) is 0 Å². The van der Waals surface area contributed by atoms with Gasteiger partial charge in [0.05, 0.1) is 0 Å². The van der Waals surface area contributed by atoms with E-state index in [1.165, 1.54) is 0 Å². The van der Waals surface area contributed by atoms with Gasteiger partial charge in [-0.25, -0.2) is 0 Å². The van der Waals surface area contributed by atoms with Crippen molar-refractivity contribution >= 4 is 17.7 Å². The summed E-state index contributed by atoms with van der Waals surface area (Å²) in [5, 5.41) is 0.307. The fraction of sp³-hybridized carbons (Fsp3) is 0.833. The average Bonchev–Trinajstić information content (AvgIpc) is 2.03. The van der Waals surface area contributed by atoms with Crippen LogP contribution in [0.3, 0.4) is 0 Å². The molecule has 0 spiro atoms. The lowest BCUT2D eigenvalue weighted by molar-refractivity contribution is -0.144. The van der Waals surface area contributed by atoms with Crippen LogP contribution in [-0.2, 0) is 4.79 Å². The maximum atomic E-state index is 11.0. The molecule has 56 valence electrons. The van der Waals surface area contributed by atoms with Crippen LogP contribution in [-0.4, -0.2) is 34.5 Å². The maximum absolute atomic E-state index is 11.0. The van der Waals surface area contributed by atoms with Gasteiger partial charge in [0.1, 0.15) is 11.4 Å². The van der Waals surface area contributed by atoms with Crippen LogP contribution in [0.25, 0.3) is 0 Å². The summed E-state index contributed by atoms with van der Waals surface area (Å²) in [6.07, 6.45) is 1.12. The van der Waals surface area contributed by atoms with Gasteiger partial charge in [-0.3, -0.25) is 4.79 Å². The van der Waals surface area contributed by atoms with Crippen molar-refractivity contribution < 1.29 is 4.79 Å². The minimum absolute atomic E-state index is 0.136. The number of β-lactam (4-membered cyclic amide) rings is 1. The van der Waals surface area contributed by atoms with Crippen LogP contribution in [0.5, 0.6) is 0 Å². The van der Waals surface area contributed by atoms with E-state index in [0.717, 1.165) is 18.7 Å². The van der Waals surface area contributed by atoms with Crippen molar-refractivity contribution in [1.82, 2.24) is 4.90 Å². The molecule has 2 atom stereocenters. The Morgan fingerprint density at radius 2 is 2.50 bits per heavy atom. The van der Waals surface area contributed by atoms with Gasteiger partial charge < -0.3 is 10.6 Å². The quantitative estimate of drug-likeness (QED) is 0.489. The molecule has 0 bridgehead atoms. The highest BCUT2D eigenvalue weighted by atomic mass is 32.2. The third-order valence-corrected chi connectivity index (χ3v) is 3.43. The highest BCUT2D eigenvalue weighted by molar-refractivity contribution is 8.00. The number of nitrogens with two attached hydrogens (primary N) is 1. The number of rotatable bonds is 0. The van der Waals surface area contributed by atoms with Crippen LogP contribution in [0.2, 0.25) is 0 Å². The maximum Gasteiger partial charge on any atom is 0.243 e. The Morgan fingerprint density at radius 3 is 3.20 bits per heavy atom. The van der Waals surface area contributed by atoms with E-state index in [0.29, 0.717) is 5.37 Å². The molecule has 0 aromatic carbocycles. The molecule has 3 nitrogen and oxygen atoms in total. The van der Waals surface area contributed by atoms with Gasteiger partial charge in [0.2, 0.25) is 5.91 Å². The van der Waals surface area contributed by atoms with Gasteiger partial charge in [-0.05, 0) is 12.2 Å². The molecule has 0 aromatic heterocycles. The number of thioether (sulfide) groups is 1. The number of fused-ring (bicyclic) bond motifs is 1. The Hall–Kier alpha value is -0.220. The zero-order chi connectivity index (χ0) is 7.14. The van der Waals surface area contributed by atoms with Gasteiger partial charge in [0.15, 0.2) is 0 Å². The van der Waals surface area contributed by atoms with Crippen LogP contribution in [0.15, 0.2) is 0 Å². The number of nitrogens with zero attached hydrogens (tertiary/aromatic N) is 1. The van der Waals surface area contributed by atoms with E-state index in [9.17, 15) is 4.79 Å². The molecule has 2 saturated heterocycles. The molecular formula is C6H10N2OS. The summed E-state index contributed by atoms with van der Waals surface area (Å²) >= 11 is 1.80. The topological polar surface area (TPSA) is 46.3 Å². The Kier molecular flexibility index (Phi) is 1.38. The Bertz CT molecular complexity index is 173. The minimum atomic E-state index is -0.203. The van der Waals surface area contributed by atoms with E-state index in [1.807, 2.05) is 4.90 Å². The summed E-state index contributed by atoms with van der Waals surface area (Å²) in [5.74, 6) is 1.29. The number of hydrogen-bond acceptors (Lipinski definition) is 3. The molecule has 2 heterocycles. The molecule has 2 aliphatic heterocycles. The number of carbonyl (C=O) groups excluding carboxylic acids is 1. The number of carbonyl (C=O) groups is 1. The Balaban J connectivity index is 2.06. The van der Waals surface area contributed by atoms with Crippen molar-refractivity contribution in [1.29, 1.82) is 0 Å². The first kappa shape index (κ1) is 6.49. The molecule has 1 unspecified atom stereocenters. The van der Waals surface area contributed by atoms with Crippen LogP contribution in [0.1, 0.15) is 6.42 Å². The monoisotopic (exact) mass is 158 g/mol. The van der Waals surface area contributed by atoms with Crippen molar-refractivity contribution in [2.24, 2.45) is 5.73 Å². The lowest BCUT2D eigenvalue weighted by Crippen LogP contribution is -2.68. The van der Waals surface area contributed by atoms with E-state index in [1.54, 1.807) is 11.8 Å². The molecule has 2 aliphatic rings. The van der Waals surface area contributed by atoms with Crippen molar-refractivity contribution in [2.75, 3.05) is 12.3 Å². The van der Waals surface area contributed by atoms with Crippen molar-refractivity contribution in [3.8, 4) is 0 Å². The van der Waals surface area contributed by atoms with Gasteiger partial charge in [0, 0.05) is 6.54 Å². The van der Waals surface area contributed by atoms with Crippen LogP contribution in [0.4, 0.5) is 0 Å². The zero-order valence-corrected chi connectivity index (χ0v) is 6.43. The van der Waals surface area contributed by atoms with Crippen LogP contribution in [0, 0.1) is 0 Å².